The molecule has 0 saturated heterocycles. The minimum Gasteiger partial charge on any atom is -0.467 e. The average Bonchev–Trinajstić information content (AvgIpc) is 3.22. The first kappa shape index (κ1) is 27.5. The summed E-state index contributed by atoms with van der Waals surface area (Å²) in [6.45, 7) is 2.29. The Kier molecular flexibility index (Phi) is 9.88. The van der Waals surface area contributed by atoms with Crippen LogP contribution in [0.4, 0.5) is 4.79 Å². The topological polar surface area (TPSA) is 158 Å². The zero-order valence-electron chi connectivity index (χ0n) is 21.2. The van der Waals surface area contributed by atoms with Crippen molar-refractivity contribution >= 4 is 23.9 Å². The van der Waals surface area contributed by atoms with Crippen LogP contribution < -0.4 is 22.1 Å². The lowest BCUT2D eigenvalue weighted by molar-refractivity contribution is -0.145. The standard InChI is InChI=1S/C27H35N5O5/c1-3-9-23(25(34)36-2)31-24(33)22(14-8-15-30-26(28)29)32-27(35)37-16-21-19-12-6-4-10-17(19)18-11-5-7-13-20(18)21/h4-7,10-13,21-23H,3,8-9,14-16H2,1-2H3,(H,31,33)(H,32,35)(H4,28,29,30)/t22-,23+/m0/s1. The maximum absolute atomic E-state index is 13.0. The zero-order valence-corrected chi connectivity index (χ0v) is 21.2. The fourth-order valence-corrected chi connectivity index (χ4v) is 4.51. The number of nitrogens with one attached hydrogen (secondary N) is 2. The molecule has 198 valence electrons. The van der Waals surface area contributed by atoms with E-state index in [1.807, 2.05) is 43.3 Å². The van der Waals surface area contributed by atoms with E-state index in [-0.39, 0.29) is 31.4 Å². The number of nitrogens with two attached hydrogens (primary N) is 2. The molecule has 1 aliphatic carbocycles. The van der Waals surface area contributed by atoms with Gasteiger partial charge in [0, 0.05) is 12.5 Å². The molecule has 0 radical (unpaired) electrons. The molecule has 2 aromatic carbocycles. The lowest BCUT2D eigenvalue weighted by atomic mass is 9.98. The Morgan fingerprint density at radius 3 is 2.14 bits per heavy atom. The second kappa shape index (κ2) is 13.3. The van der Waals surface area contributed by atoms with E-state index in [1.165, 1.54) is 7.11 Å². The number of hydrogen-bond acceptors (Lipinski definition) is 6. The Balaban J connectivity index is 1.67. The van der Waals surface area contributed by atoms with Crippen molar-refractivity contribution in [3.63, 3.8) is 0 Å². The first-order valence-electron chi connectivity index (χ1n) is 12.4. The van der Waals surface area contributed by atoms with Crippen LogP contribution in [0.25, 0.3) is 11.1 Å². The molecule has 0 saturated carbocycles. The van der Waals surface area contributed by atoms with Gasteiger partial charge >= 0.3 is 12.1 Å². The molecule has 0 aromatic heterocycles. The Morgan fingerprint density at radius 2 is 1.57 bits per heavy atom. The molecule has 2 atom stereocenters. The van der Waals surface area contributed by atoms with Gasteiger partial charge in [-0.2, -0.15) is 0 Å². The van der Waals surface area contributed by atoms with Crippen LogP contribution in [0, 0.1) is 0 Å². The van der Waals surface area contributed by atoms with Crippen molar-refractivity contribution in [2.75, 3.05) is 20.3 Å². The van der Waals surface area contributed by atoms with E-state index >= 15 is 0 Å². The molecule has 0 aliphatic heterocycles. The van der Waals surface area contributed by atoms with Crippen LogP contribution in [0.3, 0.4) is 0 Å². The van der Waals surface area contributed by atoms with E-state index in [9.17, 15) is 14.4 Å². The van der Waals surface area contributed by atoms with E-state index in [2.05, 4.69) is 27.8 Å². The Labute approximate surface area is 216 Å². The number of esters is 1. The smallest absolute Gasteiger partial charge is 0.407 e. The van der Waals surface area contributed by atoms with E-state index in [0.29, 0.717) is 19.3 Å². The molecule has 3 rings (SSSR count). The van der Waals surface area contributed by atoms with Crippen LogP contribution in [0.1, 0.15) is 49.7 Å². The molecule has 2 aromatic rings. The van der Waals surface area contributed by atoms with Gasteiger partial charge in [0.05, 0.1) is 7.11 Å². The maximum Gasteiger partial charge on any atom is 0.407 e. The summed E-state index contributed by atoms with van der Waals surface area (Å²) in [4.78, 5) is 41.8. The molecule has 37 heavy (non-hydrogen) atoms. The predicted molar refractivity (Wildman–Crippen MR) is 141 cm³/mol. The summed E-state index contributed by atoms with van der Waals surface area (Å²) in [5, 5.41) is 5.32. The predicted octanol–water partition coefficient (Wildman–Crippen LogP) is 2.41. The van der Waals surface area contributed by atoms with Gasteiger partial charge in [-0.15, -0.1) is 0 Å². The van der Waals surface area contributed by atoms with Crippen LogP contribution in [-0.2, 0) is 19.1 Å². The lowest BCUT2D eigenvalue weighted by Gasteiger charge is -2.22. The van der Waals surface area contributed by atoms with Gasteiger partial charge in [0.1, 0.15) is 18.7 Å². The van der Waals surface area contributed by atoms with Crippen LogP contribution in [0.2, 0.25) is 0 Å². The fraction of sp³-hybridized carbons (Fsp3) is 0.407. The van der Waals surface area contributed by atoms with E-state index in [0.717, 1.165) is 22.3 Å². The molecular weight excluding hydrogens is 474 g/mol. The normalized spacial score (nSPS) is 13.5. The number of ether oxygens (including phenoxy) is 2. The lowest BCUT2D eigenvalue weighted by Crippen LogP contribution is -2.52. The van der Waals surface area contributed by atoms with Crippen molar-refractivity contribution in [3.8, 4) is 11.1 Å². The van der Waals surface area contributed by atoms with Gasteiger partial charge in [-0.1, -0.05) is 61.9 Å². The van der Waals surface area contributed by atoms with Gasteiger partial charge in [0.2, 0.25) is 5.91 Å². The Morgan fingerprint density at radius 1 is 0.946 bits per heavy atom. The number of nitrogens with zero attached hydrogens (tertiary/aromatic N) is 1. The zero-order chi connectivity index (χ0) is 26.8. The molecule has 0 spiro atoms. The monoisotopic (exact) mass is 509 g/mol. The van der Waals surface area contributed by atoms with Gasteiger partial charge in [0.25, 0.3) is 0 Å². The summed E-state index contributed by atoms with van der Waals surface area (Å²) in [5.74, 6) is -1.22. The first-order valence-corrected chi connectivity index (χ1v) is 12.4. The van der Waals surface area contributed by atoms with Crippen molar-refractivity contribution in [1.82, 2.24) is 10.6 Å². The SMILES string of the molecule is CCC[C@@H](NC(=O)[C@H](CCCN=C(N)N)NC(=O)OCC1c2ccccc2-c2ccccc21)C(=O)OC. The van der Waals surface area contributed by atoms with E-state index < -0.39 is 30.1 Å². The van der Waals surface area contributed by atoms with Gasteiger partial charge in [-0.3, -0.25) is 9.79 Å². The second-order valence-electron chi connectivity index (χ2n) is 8.84. The molecule has 1 aliphatic rings. The number of carbonyl (C=O) groups is 3. The highest BCUT2D eigenvalue weighted by Gasteiger charge is 2.30. The molecule has 6 N–H and O–H groups in total. The third kappa shape index (κ3) is 7.22. The van der Waals surface area contributed by atoms with Gasteiger partial charge in [-0.25, -0.2) is 9.59 Å². The third-order valence-corrected chi connectivity index (χ3v) is 6.28. The van der Waals surface area contributed by atoms with Crippen molar-refractivity contribution in [1.29, 1.82) is 0 Å². The summed E-state index contributed by atoms with van der Waals surface area (Å²) in [5.41, 5.74) is 15.2. The second-order valence-corrected chi connectivity index (χ2v) is 8.84. The summed E-state index contributed by atoms with van der Waals surface area (Å²) < 4.78 is 10.4. The molecule has 10 heteroatoms. The number of alkyl carbamates (subject to hydrolysis) is 1. The number of methoxy groups -OCH3 is 1. The number of benzene rings is 2. The van der Waals surface area contributed by atoms with E-state index in [4.69, 9.17) is 20.9 Å². The van der Waals surface area contributed by atoms with Crippen LogP contribution in [-0.4, -0.2) is 56.3 Å². The van der Waals surface area contributed by atoms with Crippen LogP contribution in [0.5, 0.6) is 0 Å². The van der Waals surface area contributed by atoms with Crippen LogP contribution in [0.15, 0.2) is 53.5 Å². The highest BCUT2D eigenvalue weighted by Crippen LogP contribution is 2.44. The minimum atomic E-state index is -0.950. The largest absolute Gasteiger partial charge is 0.467 e. The van der Waals surface area contributed by atoms with Crippen molar-refractivity contribution in [3.05, 3.63) is 59.7 Å². The summed E-state index contributed by atoms with van der Waals surface area (Å²) in [7, 11) is 1.26. The van der Waals surface area contributed by atoms with Crippen LogP contribution >= 0.6 is 0 Å². The highest BCUT2D eigenvalue weighted by molar-refractivity contribution is 5.89. The van der Waals surface area contributed by atoms with Gasteiger partial charge in [0.15, 0.2) is 5.96 Å². The molecule has 10 nitrogen and oxygen atoms in total. The number of carbonyl (C=O) groups excluding carboxylic acids is 3. The maximum atomic E-state index is 13.0. The number of rotatable bonds is 12. The first-order chi connectivity index (χ1) is 17.8. The molecule has 0 fully saturated rings. The number of amides is 2. The molecule has 0 unspecified atom stereocenters. The van der Waals surface area contributed by atoms with Gasteiger partial charge in [-0.05, 0) is 41.5 Å². The summed E-state index contributed by atoms with van der Waals surface area (Å²) in [6, 6.07) is 14.3. The number of fused-ring (bicyclic) bond motifs is 3. The van der Waals surface area contributed by atoms with Crippen molar-refractivity contribution < 1.29 is 23.9 Å². The minimum absolute atomic E-state index is 0.0563. The number of hydrogen-bond donors (Lipinski definition) is 4. The number of guanidine groups is 1. The highest BCUT2D eigenvalue weighted by atomic mass is 16.5. The number of aliphatic imine (C=N–C) groups is 1. The fourth-order valence-electron chi connectivity index (χ4n) is 4.51. The van der Waals surface area contributed by atoms with Gasteiger partial charge < -0.3 is 31.6 Å². The van der Waals surface area contributed by atoms with E-state index in [1.54, 1.807) is 0 Å². The quantitative estimate of drug-likeness (QED) is 0.148. The molecule has 0 heterocycles. The average molecular weight is 510 g/mol. The van der Waals surface area contributed by atoms with Crippen molar-refractivity contribution in [2.24, 2.45) is 16.5 Å². The molecular formula is C27H35N5O5. The summed E-state index contributed by atoms with van der Waals surface area (Å²) in [6.07, 6.45) is 1.01. The Bertz CT molecular complexity index is 1090. The third-order valence-electron chi connectivity index (χ3n) is 6.28. The van der Waals surface area contributed by atoms with Crippen molar-refractivity contribution in [2.45, 2.75) is 50.6 Å². The molecule has 0 bridgehead atoms. The summed E-state index contributed by atoms with van der Waals surface area (Å²) >= 11 is 0. The molecule has 2 amide bonds. The Hall–Kier alpha value is -4.08.